The number of guanidine groups is 1. The second-order valence-electron chi connectivity index (χ2n) is 7.83. The molecule has 0 amide bonds. The van der Waals surface area contributed by atoms with Crippen LogP contribution in [0.5, 0.6) is 0 Å². The van der Waals surface area contributed by atoms with E-state index in [0.717, 1.165) is 57.7 Å². The molecule has 2 heterocycles. The Morgan fingerprint density at radius 3 is 2.39 bits per heavy atom. The molecule has 7 nitrogen and oxygen atoms in total. The van der Waals surface area contributed by atoms with E-state index in [1.54, 1.807) is 12.4 Å². The van der Waals surface area contributed by atoms with Crippen LogP contribution in [0.1, 0.15) is 12.8 Å². The highest BCUT2D eigenvalue weighted by Crippen LogP contribution is 2.51. The van der Waals surface area contributed by atoms with Gasteiger partial charge < -0.3 is 15.5 Å². The quantitative estimate of drug-likeness (QED) is 0.296. The number of nitrogens with zero attached hydrogens (tertiary/aromatic N) is 5. The van der Waals surface area contributed by atoms with Gasteiger partial charge >= 0.3 is 0 Å². The number of halogens is 1. The normalized spacial score (nSPS) is 18.2. The molecule has 2 N–H and O–H groups in total. The average Bonchev–Trinajstić information content (AvgIpc) is 3.57. The number of benzene rings is 1. The van der Waals surface area contributed by atoms with Crippen molar-refractivity contribution in [1.82, 2.24) is 25.5 Å². The molecule has 4 rings (SSSR count). The van der Waals surface area contributed by atoms with Gasteiger partial charge in [0.2, 0.25) is 5.95 Å². The molecule has 2 aliphatic rings. The molecule has 0 atom stereocenters. The second-order valence-corrected chi connectivity index (χ2v) is 9.37. The average molecular weight is 554 g/mol. The van der Waals surface area contributed by atoms with E-state index >= 15 is 0 Å². The lowest BCUT2D eigenvalue weighted by molar-refractivity contribution is 0.260. The van der Waals surface area contributed by atoms with Crippen molar-refractivity contribution in [3.8, 4) is 0 Å². The Bertz CT molecular complexity index is 809. The summed E-state index contributed by atoms with van der Waals surface area (Å²) in [6.45, 7) is 6.84. The van der Waals surface area contributed by atoms with Crippen molar-refractivity contribution in [1.29, 1.82) is 0 Å². The molecule has 0 spiro atoms. The van der Waals surface area contributed by atoms with Crippen molar-refractivity contribution >= 4 is 47.6 Å². The molecule has 2 fully saturated rings. The zero-order valence-corrected chi connectivity index (χ0v) is 21.2. The fourth-order valence-corrected chi connectivity index (χ4v) is 4.86. The van der Waals surface area contributed by atoms with Gasteiger partial charge in [0.25, 0.3) is 0 Å². The molecule has 1 aliphatic heterocycles. The predicted molar refractivity (Wildman–Crippen MR) is 140 cm³/mol. The number of hydrogen-bond acceptors (Lipinski definition) is 6. The topological polar surface area (TPSA) is 68.7 Å². The lowest BCUT2D eigenvalue weighted by Crippen LogP contribution is -2.50. The summed E-state index contributed by atoms with van der Waals surface area (Å²) in [5.41, 5.74) is 0. The molecule has 1 saturated carbocycles. The van der Waals surface area contributed by atoms with Gasteiger partial charge in [0, 0.05) is 74.9 Å². The van der Waals surface area contributed by atoms with Crippen LogP contribution in [0.25, 0.3) is 0 Å². The van der Waals surface area contributed by atoms with Gasteiger partial charge in [0.05, 0.1) is 0 Å². The van der Waals surface area contributed by atoms with Crippen molar-refractivity contribution < 1.29 is 0 Å². The highest BCUT2D eigenvalue weighted by atomic mass is 127. The number of rotatable bonds is 8. The smallest absolute Gasteiger partial charge is 0.225 e. The van der Waals surface area contributed by atoms with Crippen LogP contribution in [-0.2, 0) is 0 Å². The first kappa shape index (κ1) is 24.1. The van der Waals surface area contributed by atoms with Gasteiger partial charge in [0.15, 0.2) is 5.96 Å². The minimum absolute atomic E-state index is 0. The van der Waals surface area contributed by atoms with Crippen LogP contribution in [0.3, 0.4) is 0 Å². The lowest BCUT2D eigenvalue weighted by Gasteiger charge is -2.34. The number of aliphatic imine (C=N–C) groups is 1. The van der Waals surface area contributed by atoms with Crippen LogP contribution in [-0.4, -0.2) is 78.4 Å². The van der Waals surface area contributed by atoms with Crippen molar-refractivity contribution in [2.45, 2.75) is 22.5 Å². The number of hydrogen-bond donors (Lipinski definition) is 2. The Hall–Kier alpha value is -1.59. The number of aromatic nitrogens is 2. The van der Waals surface area contributed by atoms with Crippen molar-refractivity contribution in [3.63, 3.8) is 0 Å². The van der Waals surface area contributed by atoms with Crippen LogP contribution >= 0.6 is 35.7 Å². The summed E-state index contributed by atoms with van der Waals surface area (Å²) in [5.74, 6) is 1.73. The van der Waals surface area contributed by atoms with Gasteiger partial charge in [-0.2, -0.15) is 0 Å². The van der Waals surface area contributed by atoms with Crippen LogP contribution < -0.4 is 15.5 Å². The highest BCUT2D eigenvalue weighted by Gasteiger charge is 2.43. The van der Waals surface area contributed by atoms with E-state index in [1.807, 2.05) is 24.9 Å². The maximum atomic E-state index is 4.40. The Morgan fingerprint density at radius 1 is 1.03 bits per heavy atom. The van der Waals surface area contributed by atoms with Gasteiger partial charge in [-0.1, -0.05) is 18.2 Å². The van der Waals surface area contributed by atoms with E-state index < -0.39 is 0 Å². The molecular weight excluding hydrogens is 521 g/mol. The summed E-state index contributed by atoms with van der Waals surface area (Å²) in [6, 6.07) is 12.5. The van der Waals surface area contributed by atoms with Gasteiger partial charge in [0.1, 0.15) is 0 Å². The Balaban J connectivity index is 0.00000272. The second kappa shape index (κ2) is 11.9. The predicted octanol–water partition coefficient (Wildman–Crippen LogP) is 2.71. The highest BCUT2D eigenvalue weighted by molar-refractivity contribution is 14.0. The first-order chi connectivity index (χ1) is 14.8. The molecule has 1 aliphatic carbocycles. The van der Waals surface area contributed by atoms with Gasteiger partial charge in [-0.25, -0.2) is 9.97 Å². The standard InChI is InChI=1S/C22H31N7S.HI/c1-23-20(27-18-22(8-9-22)30-19-6-3-2-4-7-19)24-12-13-28-14-16-29(17-15-28)21-25-10-5-11-26-21;/h2-7,10-11H,8-9,12-18H2,1H3,(H2,23,24,27);1H. The SMILES string of the molecule is CN=C(NCCN1CCN(c2ncccn2)CC1)NCC1(Sc2ccccc2)CC1.I. The van der Waals surface area contributed by atoms with Gasteiger partial charge in [-0.15, -0.1) is 35.7 Å². The Labute approximate surface area is 206 Å². The number of anilines is 1. The van der Waals surface area contributed by atoms with E-state index in [-0.39, 0.29) is 24.0 Å². The van der Waals surface area contributed by atoms with Gasteiger partial charge in [-0.05, 0) is 31.0 Å². The van der Waals surface area contributed by atoms with Crippen molar-refractivity contribution in [3.05, 3.63) is 48.8 Å². The number of piperazine rings is 1. The molecule has 1 saturated heterocycles. The maximum Gasteiger partial charge on any atom is 0.225 e. The fraction of sp³-hybridized carbons (Fsp3) is 0.500. The summed E-state index contributed by atoms with van der Waals surface area (Å²) in [5, 5.41) is 7.01. The zero-order valence-electron chi connectivity index (χ0n) is 18.0. The third-order valence-electron chi connectivity index (χ3n) is 5.61. The van der Waals surface area contributed by atoms with Crippen LogP contribution in [0.4, 0.5) is 5.95 Å². The van der Waals surface area contributed by atoms with Crippen LogP contribution in [0.2, 0.25) is 0 Å². The van der Waals surface area contributed by atoms with E-state index in [1.165, 1.54) is 17.7 Å². The van der Waals surface area contributed by atoms with E-state index in [0.29, 0.717) is 4.75 Å². The monoisotopic (exact) mass is 553 g/mol. The van der Waals surface area contributed by atoms with E-state index in [9.17, 15) is 0 Å². The first-order valence-corrected chi connectivity index (χ1v) is 11.5. The number of nitrogens with one attached hydrogen (secondary N) is 2. The molecule has 0 bridgehead atoms. The van der Waals surface area contributed by atoms with E-state index in [4.69, 9.17) is 0 Å². The molecule has 168 valence electrons. The third-order valence-corrected chi connectivity index (χ3v) is 7.11. The zero-order chi connectivity index (χ0) is 20.7. The minimum atomic E-state index is 0. The first-order valence-electron chi connectivity index (χ1n) is 10.7. The molecule has 0 radical (unpaired) electrons. The summed E-state index contributed by atoms with van der Waals surface area (Å²) in [4.78, 5) is 19.2. The van der Waals surface area contributed by atoms with Gasteiger partial charge in [-0.3, -0.25) is 9.89 Å². The minimum Gasteiger partial charge on any atom is -0.355 e. The summed E-state index contributed by atoms with van der Waals surface area (Å²) < 4.78 is 0.314. The lowest BCUT2D eigenvalue weighted by atomic mass is 10.3. The van der Waals surface area contributed by atoms with Crippen molar-refractivity contribution in [2.75, 3.05) is 57.8 Å². The summed E-state index contributed by atoms with van der Waals surface area (Å²) >= 11 is 1.99. The van der Waals surface area contributed by atoms with E-state index in [2.05, 4.69) is 65.7 Å². The summed E-state index contributed by atoms with van der Waals surface area (Å²) in [6.07, 6.45) is 6.13. The summed E-state index contributed by atoms with van der Waals surface area (Å²) in [7, 11) is 1.85. The molecule has 1 aromatic carbocycles. The molecule has 0 unspecified atom stereocenters. The molecule has 1 aromatic heterocycles. The largest absolute Gasteiger partial charge is 0.355 e. The Kier molecular flexibility index (Phi) is 9.21. The van der Waals surface area contributed by atoms with Crippen LogP contribution in [0, 0.1) is 0 Å². The van der Waals surface area contributed by atoms with Crippen molar-refractivity contribution in [2.24, 2.45) is 4.99 Å². The molecule has 2 aromatic rings. The molecular formula is C22H32IN7S. The fourth-order valence-electron chi connectivity index (χ4n) is 3.62. The van der Waals surface area contributed by atoms with Crippen LogP contribution in [0.15, 0.2) is 58.7 Å². The third kappa shape index (κ3) is 7.21. The number of thioether (sulfide) groups is 1. The Morgan fingerprint density at radius 2 is 1.74 bits per heavy atom. The molecule has 31 heavy (non-hydrogen) atoms. The molecule has 9 heteroatoms. The maximum absolute atomic E-state index is 4.40.